The van der Waals surface area contributed by atoms with Crippen molar-refractivity contribution in [2.45, 2.75) is 0 Å². The molecule has 0 aliphatic carbocycles. The molecule has 168 valence electrons. The number of benzene rings is 7. The van der Waals surface area contributed by atoms with Crippen molar-refractivity contribution in [2.24, 2.45) is 0 Å². The first kappa shape index (κ1) is 20.3. The molecule has 0 radical (unpaired) electrons. The van der Waals surface area contributed by atoms with Gasteiger partial charge in [-0.25, -0.2) is 0 Å². The van der Waals surface area contributed by atoms with Gasteiger partial charge in [0.2, 0.25) is 0 Å². The smallest absolute Gasteiger partial charge is 0.101 e. The van der Waals surface area contributed by atoms with Gasteiger partial charge >= 0.3 is 0 Å². The molecule has 8 rings (SSSR count). The van der Waals surface area contributed by atoms with Crippen LogP contribution in [0, 0.1) is 22.7 Å². The highest BCUT2D eigenvalue weighted by Gasteiger charge is 2.19. The second kappa shape index (κ2) is 7.28. The Balaban J connectivity index is 1.78. The molecule has 3 heteroatoms. The Bertz CT molecular complexity index is 2380. The van der Waals surface area contributed by atoms with Crippen molar-refractivity contribution >= 4 is 85.4 Å². The molecule has 2 nitrogen and oxygen atoms in total. The van der Waals surface area contributed by atoms with E-state index in [0.717, 1.165) is 26.9 Å². The highest BCUT2D eigenvalue weighted by atomic mass is 32.1. The third-order valence-corrected chi connectivity index (χ3v) is 8.81. The molecule has 8 aromatic rings. The minimum Gasteiger partial charge on any atom is -0.192 e. The van der Waals surface area contributed by atoms with Gasteiger partial charge in [0, 0.05) is 20.2 Å². The molecule has 0 aliphatic rings. The summed E-state index contributed by atoms with van der Waals surface area (Å²) < 4.78 is 2.52. The van der Waals surface area contributed by atoms with E-state index >= 15 is 0 Å². The largest absolute Gasteiger partial charge is 0.192 e. The molecular weight excluding hydrogens is 468 g/mol. The first-order valence-electron chi connectivity index (χ1n) is 12.1. The van der Waals surface area contributed by atoms with Gasteiger partial charge in [0.25, 0.3) is 0 Å². The Morgan fingerprint density at radius 3 is 1.51 bits per heavy atom. The van der Waals surface area contributed by atoms with Crippen molar-refractivity contribution in [3.05, 3.63) is 108 Å². The Labute approximate surface area is 215 Å². The van der Waals surface area contributed by atoms with Crippen molar-refractivity contribution in [2.75, 3.05) is 0 Å². The fourth-order valence-corrected chi connectivity index (χ4v) is 7.24. The number of nitrogens with zero attached hydrogens (tertiary/aromatic N) is 2. The van der Waals surface area contributed by atoms with E-state index in [2.05, 4.69) is 97.1 Å². The average molecular weight is 485 g/mol. The molecule has 0 spiro atoms. The summed E-state index contributed by atoms with van der Waals surface area (Å²) in [4.78, 5) is 0. The lowest BCUT2D eigenvalue weighted by Crippen LogP contribution is -1.91. The Morgan fingerprint density at radius 1 is 0.405 bits per heavy atom. The summed E-state index contributed by atoms with van der Waals surface area (Å²) in [6, 6.07) is 38.7. The molecule has 0 atom stereocenters. The summed E-state index contributed by atoms with van der Waals surface area (Å²) in [7, 11) is 0. The topological polar surface area (TPSA) is 47.6 Å². The van der Waals surface area contributed by atoms with Crippen LogP contribution in [0.5, 0.6) is 0 Å². The summed E-state index contributed by atoms with van der Waals surface area (Å²) in [5, 5.41) is 33.7. The fourth-order valence-electron chi connectivity index (χ4n) is 6.12. The summed E-state index contributed by atoms with van der Waals surface area (Å²) in [5.74, 6) is 0. The highest BCUT2D eigenvalue weighted by Crippen LogP contribution is 2.46. The molecule has 0 unspecified atom stereocenters. The van der Waals surface area contributed by atoms with E-state index < -0.39 is 0 Å². The summed E-state index contributed by atoms with van der Waals surface area (Å²) >= 11 is 1.82. The van der Waals surface area contributed by atoms with Gasteiger partial charge in [-0.2, -0.15) is 10.5 Å². The Morgan fingerprint density at radius 2 is 0.892 bits per heavy atom. The molecule has 0 saturated carbocycles. The molecule has 0 fully saturated rings. The number of hydrogen-bond donors (Lipinski definition) is 0. The fraction of sp³-hybridized carbons (Fsp3) is 0. The average Bonchev–Trinajstić information content (AvgIpc) is 3.32. The van der Waals surface area contributed by atoms with Gasteiger partial charge < -0.3 is 0 Å². The number of rotatable bonds is 0. The zero-order valence-electron chi connectivity index (χ0n) is 19.5. The third-order valence-electron chi connectivity index (χ3n) is 7.68. The lowest BCUT2D eigenvalue weighted by molar-refractivity contribution is 1.45. The second-order valence-corrected chi connectivity index (χ2v) is 10.6. The lowest BCUT2D eigenvalue weighted by Gasteiger charge is -2.17. The van der Waals surface area contributed by atoms with Crippen molar-refractivity contribution in [1.82, 2.24) is 0 Å². The third kappa shape index (κ3) is 2.62. The zero-order valence-corrected chi connectivity index (χ0v) is 20.4. The van der Waals surface area contributed by atoms with Crippen LogP contribution in [0.1, 0.15) is 11.1 Å². The Kier molecular flexibility index (Phi) is 3.98. The molecule has 37 heavy (non-hydrogen) atoms. The van der Waals surface area contributed by atoms with Crippen molar-refractivity contribution < 1.29 is 0 Å². The molecule has 7 aromatic carbocycles. The number of nitriles is 2. The zero-order chi connectivity index (χ0) is 24.7. The number of hydrogen-bond acceptors (Lipinski definition) is 3. The quantitative estimate of drug-likeness (QED) is 0.201. The van der Waals surface area contributed by atoms with Crippen LogP contribution in [-0.2, 0) is 0 Å². The normalized spacial score (nSPS) is 11.7. The first-order valence-corrected chi connectivity index (χ1v) is 13.0. The van der Waals surface area contributed by atoms with Gasteiger partial charge in [-0.05, 0) is 84.2 Å². The van der Waals surface area contributed by atoms with Crippen LogP contribution in [0.25, 0.3) is 74.0 Å². The molecule has 0 bridgehead atoms. The van der Waals surface area contributed by atoms with Crippen LogP contribution >= 0.6 is 11.3 Å². The minimum absolute atomic E-state index is 0.412. The molecule has 0 aliphatic heterocycles. The predicted molar refractivity (Wildman–Crippen MR) is 156 cm³/mol. The molecule has 1 aromatic heterocycles. The summed E-state index contributed by atoms with van der Waals surface area (Å²) in [5.41, 5.74) is 0.825. The van der Waals surface area contributed by atoms with Crippen LogP contribution in [-0.4, -0.2) is 0 Å². The van der Waals surface area contributed by atoms with Crippen molar-refractivity contribution in [3.8, 4) is 12.1 Å². The standard InChI is InChI=1S/C34H16N2S/c35-17-19-13-26-27-15-28-23-9-5-6-12-31(23)37-32(28)16-30(27)34-25-11-4-2-8-22(25)21-7-1-3-10-24(21)33(34)29(26)14-20(19)18-36/h1-16H. The van der Waals surface area contributed by atoms with Crippen molar-refractivity contribution in [3.63, 3.8) is 0 Å². The maximum Gasteiger partial charge on any atom is 0.101 e. The van der Waals surface area contributed by atoms with E-state index in [-0.39, 0.29) is 0 Å². The Hall–Kier alpha value is -4.96. The summed E-state index contributed by atoms with van der Waals surface area (Å²) in [6.07, 6.45) is 0. The van der Waals surface area contributed by atoms with Crippen LogP contribution in [0.2, 0.25) is 0 Å². The lowest BCUT2D eigenvalue weighted by atomic mass is 9.85. The van der Waals surface area contributed by atoms with Crippen LogP contribution in [0.4, 0.5) is 0 Å². The van der Waals surface area contributed by atoms with E-state index in [1.165, 1.54) is 47.1 Å². The predicted octanol–water partition coefficient (Wildman–Crippen LogP) is 9.56. The van der Waals surface area contributed by atoms with Gasteiger partial charge in [-0.1, -0.05) is 66.7 Å². The van der Waals surface area contributed by atoms with Gasteiger partial charge in [0.05, 0.1) is 11.1 Å². The molecular formula is C34H16N2S. The summed E-state index contributed by atoms with van der Waals surface area (Å²) in [6.45, 7) is 0. The molecule has 1 heterocycles. The van der Waals surface area contributed by atoms with E-state index in [1.807, 2.05) is 23.5 Å². The maximum absolute atomic E-state index is 9.91. The molecule has 0 amide bonds. The SMILES string of the molecule is N#Cc1cc2c3cc4c(cc3c3c5ccccc5c5ccccc5c3c2cc1C#N)sc1ccccc14. The first-order chi connectivity index (χ1) is 18.3. The maximum atomic E-state index is 9.91. The number of fused-ring (bicyclic) bond motifs is 14. The minimum atomic E-state index is 0.412. The van der Waals surface area contributed by atoms with Crippen LogP contribution in [0.3, 0.4) is 0 Å². The van der Waals surface area contributed by atoms with Gasteiger partial charge in [0.15, 0.2) is 0 Å². The molecule has 0 N–H and O–H groups in total. The van der Waals surface area contributed by atoms with E-state index in [4.69, 9.17) is 0 Å². The van der Waals surface area contributed by atoms with Gasteiger partial charge in [-0.3, -0.25) is 0 Å². The van der Waals surface area contributed by atoms with E-state index in [1.54, 1.807) is 0 Å². The van der Waals surface area contributed by atoms with E-state index in [0.29, 0.717) is 11.1 Å². The molecule has 0 saturated heterocycles. The van der Waals surface area contributed by atoms with E-state index in [9.17, 15) is 10.5 Å². The second-order valence-electron chi connectivity index (χ2n) is 9.50. The van der Waals surface area contributed by atoms with Crippen LogP contribution in [0.15, 0.2) is 97.1 Å². The van der Waals surface area contributed by atoms with Crippen LogP contribution < -0.4 is 0 Å². The van der Waals surface area contributed by atoms with Gasteiger partial charge in [0.1, 0.15) is 12.1 Å². The monoisotopic (exact) mass is 484 g/mol. The number of thiophene rings is 1. The van der Waals surface area contributed by atoms with Gasteiger partial charge in [-0.15, -0.1) is 11.3 Å². The van der Waals surface area contributed by atoms with Crippen molar-refractivity contribution in [1.29, 1.82) is 10.5 Å². The highest BCUT2D eigenvalue weighted by molar-refractivity contribution is 7.25.